The SMILES string of the molecule is COc1nccc(-c2[nH]c(C3OCC(CO)CO3)nc2-c2ccc(F)cc2)n1. The molecule has 146 valence electrons. The van der Waals surface area contributed by atoms with E-state index in [-0.39, 0.29) is 24.4 Å². The summed E-state index contributed by atoms with van der Waals surface area (Å²) in [6.45, 7) is 0.729. The summed E-state index contributed by atoms with van der Waals surface area (Å²) in [6, 6.07) is 7.95. The average molecular weight is 386 g/mol. The number of aliphatic hydroxyl groups excluding tert-OH is 1. The summed E-state index contributed by atoms with van der Waals surface area (Å²) in [4.78, 5) is 16.2. The number of ether oxygens (including phenoxy) is 3. The Labute approximate surface area is 160 Å². The molecule has 3 aromatic rings. The van der Waals surface area contributed by atoms with Crippen LogP contribution in [0.4, 0.5) is 4.39 Å². The highest BCUT2D eigenvalue weighted by Crippen LogP contribution is 2.33. The third-order valence-electron chi connectivity index (χ3n) is 4.36. The zero-order valence-electron chi connectivity index (χ0n) is 15.1. The van der Waals surface area contributed by atoms with Gasteiger partial charge in [0.25, 0.3) is 0 Å². The molecule has 0 spiro atoms. The van der Waals surface area contributed by atoms with Gasteiger partial charge in [-0.25, -0.2) is 14.4 Å². The second-order valence-corrected chi connectivity index (χ2v) is 6.33. The second kappa shape index (κ2) is 8.01. The molecule has 4 rings (SSSR count). The molecule has 0 amide bonds. The molecule has 1 fully saturated rings. The van der Waals surface area contributed by atoms with E-state index in [0.717, 1.165) is 0 Å². The molecular weight excluding hydrogens is 367 g/mol. The Balaban J connectivity index is 1.74. The summed E-state index contributed by atoms with van der Waals surface area (Å²) in [5.74, 6) is 0.0652. The quantitative estimate of drug-likeness (QED) is 0.694. The predicted octanol–water partition coefficient (Wildman–Crippen LogP) is 2.34. The number of rotatable bonds is 5. The number of hydrogen-bond donors (Lipinski definition) is 2. The van der Waals surface area contributed by atoms with Crippen molar-refractivity contribution in [1.82, 2.24) is 19.9 Å². The maximum Gasteiger partial charge on any atom is 0.316 e. The Morgan fingerprint density at radius 2 is 1.93 bits per heavy atom. The summed E-state index contributed by atoms with van der Waals surface area (Å²) in [5.41, 5.74) is 2.46. The minimum Gasteiger partial charge on any atom is -0.467 e. The fourth-order valence-electron chi connectivity index (χ4n) is 2.89. The molecule has 28 heavy (non-hydrogen) atoms. The summed E-state index contributed by atoms with van der Waals surface area (Å²) in [7, 11) is 1.49. The van der Waals surface area contributed by atoms with Crippen molar-refractivity contribution in [2.75, 3.05) is 26.9 Å². The van der Waals surface area contributed by atoms with E-state index >= 15 is 0 Å². The van der Waals surface area contributed by atoms with Crippen molar-refractivity contribution in [3.63, 3.8) is 0 Å². The molecule has 1 aromatic carbocycles. The van der Waals surface area contributed by atoms with Gasteiger partial charge < -0.3 is 24.3 Å². The molecule has 0 unspecified atom stereocenters. The molecule has 1 aliphatic rings. The van der Waals surface area contributed by atoms with Crippen LogP contribution in [0, 0.1) is 11.7 Å². The zero-order valence-corrected chi connectivity index (χ0v) is 15.1. The highest BCUT2D eigenvalue weighted by Gasteiger charge is 2.27. The molecule has 0 bridgehead atoms. The molecule has 0 radical (unpaired) electrons. The van der Waals surface area contributed by atoms with Crippen LogP contribution in [-0.4, -0.2) is 52.0 Å². The smallest absolute Gasteiger partial charge is 0.316 e. The molecule has 1 saturated heterocycles. The first-order chi connectivity index (χ1) is 13.7. The largest absolute Gasteiger partial charge is 0.467 e. The van der Waals surface area contributed by atoms with Gasteiger partial charge in [-0.15, -0.1) is 0 Å². The Kier molecular flexibility index (Phi) is 5.29. The van der Waals surface area contributed by atoms with E-state index in [9.17, 15) is 9.50 Å². The molecule has 9 heteroatoms. The number of imidazole rings is 1. The van der Waals surface area contributed by atoms with Crippen LogP contribution in [0.1, 0.15) is 12.1 Å². The molecule has 2 aromatic heterocycles. The first kappa shape index (κ1) is 18.5. The van der Waals surface area contributed by atoms with E-state index in [1.54, 1.807) is 24.4 Å². The van der Waals surface area contributed by atoms with Crippen molar-refractivity contribution in [3.05, 3.63) is 48.2 Å². The Hall–Kier alpha value is -2.88. The first-order valence-corrected chi connectivity index (χ1v) is 8.75. The van der Waals surface area contributed by atoms with Gasteiger partial charge in [-0.3, -0.25) is 0 Å². The minimum absolute atomic E-state index is 0.00230. The van der Waals surface area contributed by atoms with E-state index in [4.69, 9.17) is 14.2 Å². The Bertz CT molecular complexity index is 939. The molecule has 0 atom stereocenters. The summed E-state index contributed by atoms with van der Waals surface area (Å²) < 4.78 is 29.8. The lowest BCUT2D eigenvalue weighted by Crippen LogP contribution is -2.29. The molecular formula is C19H19FN4O4. The van der Waals surface area contributed by atoms with Crippen LogP contribution in [-0.2, 0) is 9.47 Å². The minimum atomic E-state index is -0.695. The van der Waals surface area contributed by atoms with E-state index in [0.29, 0.717) is 41.7 Å². The first-order valence-electron chi connectivity index (χ1n) is 8.75. The van der Waals surface area contributed by atoms with Crippen LogP contribution in [0.25, 0.3) is 22.6 Å². The lowest BCUT2D eigenvalue weighted by atomic mass is 10.1. The topological polar surface area (TPSA) is 102 Å². The van der Waals surface area contributed by atoms with Crippen LogP contribution >= 0.6 is 0 Å². The van der Waals surface area contributed by atoms with Crippen LogP contribution in [0.2, 0.25) is 0 Å². The normalized spacial score (nSPS) is 19.5. The zero-order chi connectivity index (χ0) is 19.5. The molecule has 1 aliphatic heterocycles. The highest BCUT2D eigenvalue weighted by molar-refractivity contribution is 5.76. The Morgan fingerprint density at radius 3 is 2.61 bits per heavy atom. The van der Waals surface area contributed by atoms with Gasteiger partial charge >= 0.3 is 6.01 Å². The Morgan fingerprint density at radius 1 is 1.18 bits per heavy atom. The van der Waals surface area contributed by atoms with Crippen molar-refractivity contribution in [3.8, 4) is 28.7 Å². The van der Waals surface area contributed by atoms with Crippen molar-refractivity contribution in [2.45, 2.75) is 6.29 Å². The van der Waals surface area contributed by atoms with Gasteiger partial charge in [-0.2, -0.15) is 4.98 Å². The monoisotopic (exact) mass is 386 g/mol. The average Bonchev–Trinajstić information content (AvgIpc) is 3.20. The number of nitrogens with one attached hydrogen (secondary N) is 1. The van der Waals surface area contributed by atoms with Gasteiger partial charge in [0.15, 0.2) is 5.82 Å². The maximum absolute atomic E-state index is 13.4. The maximum atomic E-state index is 13.4. The van der Waals surface area contributed by atoms with Gasteiger partial charge in [0.05, 0.1) is 44.0 Å². The second-order valence-electron chi connectivity index (χ2n) is 6.33. The van der Waals surface area contributed by atoms with E-state index < -0.39 is 6.29 Å². The van der Waals surface area contributed by atoms with Crippen molar-refractivity contribution in [2.24, 2.45) is 5.92 Å². The van der Waals surface area contributed by atoms with E-state index in [1.165, 1.54) is 19.2 Å². The predicted molar refractivity (Wildman–Crippen MR) is 96.8 cm³/mol. The van der Waals surface area contributed by atoms with Crippen LogP contribution in [0.5, 0.6) is 6.01 Å². The number of hydrogen-bond acceptors (Lipinski definition) is 7. The summed E-state index contributed by atoms with van der Waals surface area (Å²) >= 11 is 0. The van der Waals surface area contributed by atoms with Crippen molar-refractivity contribution >= 4 is 0 Å². The highest BCUT2D eigenvalue weighted by atomic mass is 19.1. The van der Waals surface area contributed by atoms with Gasteiger partial charge in [0, 0.05) is 17.7 Å². The molecule has 2 N–H and O–H groups in total. The van der Waals surface area contributed by atoms with E-state index in [2.05, 4.69) is 19.9 Å². The van der Waals surface area contributed by atoms with Crippen LogP contribution < -0.4 is 4.74 Å². The number of H-pyrrole nitrogens is 1. The molecule has 3 heterocycles. The number of benzene rings is 1. The molecule has 0 saturated carbocycles. The van der Waals surface area contributed by atoms with Gasteiger partial charge in [-0.05, 0) is 30.3 Å². The van der Waals surface area contributed by atoms with Gasteiger partial charge in [-0.1, -0.05) is 0 Å². The standard InChI is InChI=1S/C19H19FN4O4/c1-26-19-21-7-6-14(22-19)16-15(12-2-4-13(20)5-3-12)23-17(24-16)18-27-9-11(8-25)10-28-18/h2-7,11,18,25H,8-10H2,1H3,(H,23,24). The fourth-order valence-corrected chi connectivity index (χ4v) is 2.89. The fraction of sp³-hybridized carbons (Fsp3) is 0.316. The van der Waals surface area contributed by atoms with Crippen molar-refractivity contribution in [1.29, 1.82) is 0 Å². The van der Waals surface area contributed by atoms with Gasteiger partial charge in [0.2, 0.25) is 6.29 Å². The van der Waals surface area contributed by atoms with E-state index in [1.807, 2.05) is 0 Å². The third kappa shape index (κ3) is 3.72. The summed E-state index contributed by atoms with van der Waals surface area (Å²) in [5, 5.41) is 9.23. The lowest BCUT2D eigenvalue weighted by Gasteiger charge is -2.26. The number of aromatic amines is 1. The number of aromatic nitrogens is 4. The van der Waals surface area contributed by atoms with Crippen LogP contribution in [0.15, 0.2) is 36.5 Å². The number of aliphatic hydroxyl groups is 1. The number of nitrogens with zero attached hydrogens (tertiary/aromatic N) is 3. The molecule has 0 aliphatic carbocycles. The lowest BCUT2D eigenvalue weighted by molar-refractivity contribution is -0.213. The number of halogens is 1. The number of methoxy groups -OCH3 is 1. The van der Waals surface area contributed by atoms with Crippen LogP contribution in [0.3, 0.4) is 0 Å². The molecule has 8 nitrogen and oxygen atoms in total. The van der Waals surface area contributed by atoms with Gasteiger partial charge in [0.1, 0.15) is 5.82 Å². The summed E-state index contributed by atoms with van der Waals surface area (Å²) in [6.07, 6.45) is 0.884. The van der Waals surface area contributed by atoms with Crippen molar-refractivity contribution < 1.29 is 23.7 Å². The third-order valence-corrected chi connectivity index (χ3v) is 4.36.